The highest BCUT2D eigenvalue weighted by Gasteiger charge is 2.36. The molecule has 3 atom stereocenters. The highest BCUT2D eigenvalue weighted by Crippen LogP contribution is 2.44. The molecule has 3 aromatic heterocycles. The van der Waals surface area contributed by atoms with E-state index in [4.69, 9.17) is 28.9 Å². The Kier molecular flexibility index (Phi) is 12.6. The first-order chi connectivity index (χ1) is 26.7. The second kappa shape index (κ2) is 17.2. The fourth-order valence-electron chi connectivity index (χ4n) is 7.55. The van der Waals surface area contributed by atoms with Gasteiger partial charge in [0.05, 0.1) is 63.9 Å². The molecule has 3 N–H and O–H groups in total. The summed E-state index contributed by atoms with van der Waals surface area (Å²) in [6, 6.07) is 4.52. The molecule has 0 saturated heterocycles. The Morgan fingerprint density at radius 3 is 2.16 bits per heavy atom. The van der Waals surface area contributed by atoms with Gasteiger partial charge >= 0.3 is 23.9 Å². The van der Waals surface area contributed by atoms with Gasteiger partial charge in [0.2, 0.25) is 5.91 Å². The number of ether oxygens (including phenoxy) is 4. The number of carbonyl (C=O) groups excluding carboxylic acids is 5. The second-order valence-electron chi connectivity index (χ2n) is 13.9. The van der Waals surface area contributed by atoms with Gasteiger partial charge in [-0.2, -0.15) is 0 Å². The van der Waals surface area contributed by atoms with Gasteiger partial charge in [0, 0.05) is 57.1 Å². The first-order valence-electron chi connectivity index (χ1n) is 18.4. The van der Waals surface area contributed by atoms with Crippen LogP contribution in [-0.2, 0) is 55.8 Å². The summed E-state index contributed by atoms with van der Waals surface area (Å²) >= 11 is 0. The van der Waals surface area contributed by atoms with Crippen molar-refractivity contribution in [3.8, 4) is 0 Å². The molecule has 14 heteroatoms. The molecule has 0 unspecified atom stereocenters. The van der Waals surface area contributed by atoms with E-state index < -0.39 is 54.6 Å². The van der Waals surface area contributed by atoms with E-state index in [9.17, 15) is 24.0 Å². The zero-order valence-corrected chi connectivity index (χ0v) is 33.4. The molecule has 0 saturated carbocycles. The summed E-state index contributed by atoms with van der Waals surface area (Å²) in [6.45, 7) is 13.9. The van der Waals surface area contributed by atoms with E-state index in [1.54, 1.807) is 6.92 Å². The van der Waals surface area contributed by atoms with Gasteiger partial charge in [-0.15, -0.1) is 0 Å². The van der Waals surface area contributed by atoms with Crippen molar-refractivity contribution in [1.82, 2.24) is 25.3 Å². The smallest absolute Gasteiger partial charge is 0.340 e. The first kappa shape index (κ1) is 41.1. The van der Waals surface area contributed by atoms with E-state index in [0.29, 0.717) is 35.5 Å². The molecule has 2 aliphatic heterocycles. The maximum Gasteiger partial charge on any atom is 0.340 e. The van der Waals surface area contributed by atoms with Gasteiger partial charge in [-0.25, -0.2) is 14.6 Å². The zero-order valence-electron chi connectivity index (χ0n) is 33.4. The van der Waals surface area contributed by atoms with E-state index in [1.165, 1.54) is 21.3 Å². The number of H-pyrrole nitrogens is 2. The van der Waals surface area contributed by atoms with Gasteiger partial charge in [-0.3, -0.25) is 19.4 Å². The van der Waals surface area contributed by atoms with Crippen molar-refractivity contribution in [2.75, 3.05) is 28.4 Å². The highest BCUT2D eigenvalue weighted by atomic mass is 16.5. The van der Waals surface area contributed by atoms with Crippen molar-refractivity contribution >= 4 is 69.1 Å². The van der Waals surface area contributed by atoms with Crippen LogP contribution in [0.25, 0.3) is 39.3 Å². The molecule has 0 fully saturated rings. The minimum atomic E-state index is -1.36. The predicted molar refractivity (Wildman–Crippen MR) is 211 cm³/mol. The fourth-order valence-corrected chi connectivity index (χ4v) is 7.55. The van der Waals surface area contributed by atoms with Crippen molar-refractivity contribution in [2.45, 2.75) is 84.6 Å². The van der Waals surface area contributed by atoms with Gasteiger partial charge in [0.15, 0.2) is 0 Å². The van der Waals surface area contributed by atoms with E-state index in [1.807, 2.05) is 39.0 Å². The van der Waals surface area contributed by atoms with Gasteiger partial charge in [0.1, 0.15) is 6.04 Å². The molecule has 3 aromatic rings. The Hall–Kier alpha value is -6.05. The number of hydrogen-bond acceptors (Lipinski definition) is 11. The summed E-state index contributed by atoms with van der Waals surface area (Å²) in [5.41, 5.74) is 9.95. The number of nitrogens with zero attached hydrogens (tertiary/aromatic N) is 2. The summed E-state index contributed by atoms with van der Waals surface area (Å²) in [6.07, 6.45) is 1.96. The number of hydrogen-bond donors (Lipinski definition) is 3. The molecule has 14 nitrogen and oxygen atoms in total. The van der Waals surface area contributed by atoms with E-state index in [-0.39, 0.29) is 29.2 Å². The number of aromatic nitrogens is 4. The zero-order chi connectivity index (χ0) is 41.0. The number of esters is 4. The number of methoxy groups -OCH3 is 4. The molecular weight excluding hydrogens is 718 g/mol. The van der Waals surface area contributed by atoms with Crippen LogP contribution in [0.4, 0.5) is 0 Å². The molecule has 2 aliphatic rings. The maximum absolute atomic E-state index is 14.1. The Morgan fingerprint density at radius 1 is 0.857 bits per heavy atom. The molecule has 5 rings (SSSR count). The van der Waals surface area contributed by atoms with Crippen LogP contribution in [0.5, 0.6) is 0 Å². The molecule has 0 aliphatic carbocycles. The van der Waals surface area contributed by atoms with Crippen LogP contribution in [-0.4, -0.2) is 84.2 Å². The number of fused-ring (bicyclic) bond motifs is 8. The molecule has 0 spiro atoms. The number of aromatic amines is 2. The Labute approximate surface area is 325 Å². The number of nitrogens with one attached hydrogen (secondary N) is 3. The summed E-state index contributed by atoms with van der Waals surface area (Å²) in [5.74, 6) is -4.09. The fraction of sp³-hybridized carbons (Fsp3) is 0.405. The van der Waals surface area contributed by atoms with Crippen molar-refractivity contribution in [3.05, 3.63) is 75.4 Å². The van der Waals surface area contributed by atoms with Gasteiger partial charge in [0.25, 0.3) is 0 Å². The summed E-state index contributed by atoms with van der Waals surface area (Å²) in [4.78, 5) is 82.6. The monoisotopic (exact) mass is 767 g/mol. The summed E-state index contributed by atoms with van der Waals surface area (Å²) in [5, 5.41) is 2.61. The molecule has 0 aromatic carbocycles. The van der Waals surface area contributed by atoms with Crippen LogP contribution in [0.3, 0.4) is 0 Å². The quantitative estimate of drug-likeness (QED) is 0.148. The number of rotatable bonds is 12. The maximum atomic E-state index is 14.1. The van der Waals surface area contributed by atoms with Crippen LogP contribution in [0.1, 0.15) is 102 Å². The lowest BCUT2D eigenvalue weighted by Crippen LogP contribution is -2.44. The van der Waals surface area contributed by atoms with Gasteiger partial charge in [-0.05, 0) is 74.1 Å². The van der Waals surface area contributed by atoms with Crippen LogP contribution in [0.15, 0.2) is 24.8 Å². The van der Waals surface area contributed by atoms with E-state index in [0.717, 1.165) is 51.4 Å². The Balaban J connectivity index is 1.94. The average molecular weight is 768 g/mol. The molecule has 5 heterocycles. The lowest BCUT2D eigenvalue weighted by molar-refractivity contribution is -0.150. The van der Waals surface area contributed by atoms with Crippen LogP contribution >= 0.6 is 0 Å². The van der Waals surface area contributed by atoms with Crippen LogP contribution < -0.4 is 5.32 Å². The number of amides is 1. The molecule has 296 valence electrons. The highest BCUT2D eigenvalue weighted by molar-refractivity contribution is 6.25. The van der Waals surface area contributed by atoms with Gasteiger partial charge in [-0.1, -0.05) is 26.5 Å². The van der Waals surface area contributed by atoms with Crippen LogP contribution in [0.2, 0.25) is 0 Å². The average Bonchev–Trinajstić information content (AvgIpc) is 3.87. The first-order valence-corrected chi connectivity index (χ1v) is 18.4. The predicted octanol–water partition coefficient (Wildman–Crippen LogP) is 5.84. The summed E-state index contributed by atoms with van der Waals surface area (Å²) < 4.78 is 19.9. The molecule has 1 amide bonds. The minimum Gasteiger partial charge on any atom is -0.469 e. The number of allylic oxidation sites excluding steroid dienone is 1. The van der Waals surface area contributed by atoms with E-state index >= 15 is 0 Å². The third kappa shape index (κ3) is 8.00. The largest absolute Gasteiger partial charge is 0.469 e. The number of aryl methyl sites for hydroxylation is 3. The van der Waals surface area contributed by atoms with Crippen molar-refractivity contribution in [1.29, 1.82) is 0 Å². The van der Waals surface area contributed by atoms with Crippen molar-refractivity contribution < 1.29 is 42.9 Å². The SMILES string of the molecule is C=Cc1c(C)c2cc3nc(c(CC(=O)N[C@@H](CC(=O)OC)C(=O)OC)c4nc(cc5[nH]c(cc1[nH]2)c(C)c5CC)C(C)=C4C(=O)OC)[C@@H](CCC(=O)OC)[C@@H]3C. The molecule has 0 radical (unpaired) electrons. The lowest BCUT2D eigenvalue weighted by Gasteiger charge is -2.19. The van der Waals surface area contributed by atoms with Crippen molar-refractivity contribution in [3.63, 3.8) is 0 Å². The standard InChI is InChI=1S/C42H49N5O9/c1-11-24-20(3)28-16-30-22(5)26(13-14-36(49)53-7)39(46-30)27(15-35(48)45-34(41(51)55-9)19-37(50)54-8)40-38(42(52)56-10)23(6)31(47-40)18-33-25(12-2)21(4)29(44-33)17-32(24)43-28/h11,16-18,22,26,34,43-44H,1,12-15,19H2,2-10H3,(H,45,48)/t22-,26-,34-/m0/s1. The molecule has 8 bridgehead atoms. The van der Waals surface area contributed by atoms with Crippen molar-refractivity contribution in [2.24, 2.45) is 0 Å². The number of carbonyl (C=O) groups is 5. The Morgan fingerprint density at radius 2 is 1.54 bits per heavy atom. The third-order valence-electron chi connectivity index (χ3n) is 10.8. The Bertz CT molecular complexity index is 2320. The van der Waals surface area contributed by atoms with Gasteiger partial charge < -0.3 is 34.2 Å². The topological polar surface area (TPSA) is 192 Å². The van der Waals surface area contributed by atoms with Crippen LogP contribution in [0, 0.1) is 13.8 Å². The third-order valence-corrected chi connectivity index (χ3v) is 10.8. The summed E-state index contributed by atoms with van der Waals surface area (Å²) in [7, 11) is 4.90. The lowest BCUT2D eigenvalue weighted by atomic mass is 9.84. The second-order valence-corrected chi connectivity index (χ2v) is 13.9. The molecular formula is C42H49N5O9. The normalized spacial score (nSPS) is 15.5. The van der Waals surface area contributed by atoms with E-state index in [2.05, 4.69) is 34.9 Å². The minimum absolute atomic E-state index is 0.0481. The molecule has 56 heavy (non-hydrogen) atoms.